The molecule has 1 saturated heterocycles. The minimum Gasteiger partial charge on any atom is -0.312 e. The molecule has 0 aromatic carbocycles. The molecule has 1 atom stereocenters. The zero-order chi connectivity index (χ0) is 11.7. The van der Waals surface area contributed by atoms with Crippen LogP contribution in [0.25, 0.3) is 5.65 Å². The Balaban J connectivity index is 1.89. The van der Waals surface area contributed by atoms with Crippen LogP contribution in [0.1, 0.15) is 19.3 Å². The van der Waals surface area contributed by atoms with Gasteiger partial charge in [-0.2, -0.15) is 0 Å². The van der Waals surface area contributed by atoms with Crippen LogP contribution < -0.4 is 11.0 Å². The fraction of sp³-hybridized carbons (Fsp3) is 0.500. The molecule has 2 aromatic rings. The van der Waals surface area contributed by atoms with Gasteiger partial charge in [0, 0.05) is 12.2 Å². The summed E-state index contributed by atoms with van der Waals surface area (Å²) in [6.07, 6.45) is 5.35. The summed E-state index contributed by atoms with van der Waals surface area (Å²) < 4.78 is 3.15. The average molecular weight is 232 g/mol. The van der Waals surface area contributed by atoms with Gasteiger partial charge >= 0.3 is 5.69 Å². The second-order valence-electron chi connectivity index (χ2n) is 4.54. The summed E-state index contributed by atoms with van der Waals surface area (Å²) in [6, 6.07) is 5.97. The van der Waals surface area contributed by atoms with E-state index < -0.39 is 0 Å². The maximum atomic E-state index is 12.0. The van der Waals surface area contributed by atoms with Crippen LogP contribution in [0.15, 0.2) is 29.2 Å². The fourth-order valence-electron chi connectivity index (χ4n) is 2.38. The van der Waals surface area contributed by atoms with Crippen LogP contribution in [0.2, 0.25) is 0 Å². The van der Waals surface area contributed by atoms with Crippen LogP contribution in [-0.2, 0) is 6.54 Å². The van der Waals surface area contributed by atoms with Gasteiger partial charge in [0.05, 0.1) is 6.54 Å². The Kier molecular flexibility index (Phi) is 2.68. The highest BCUT2D eigenvalue weighted by atomic mass is 16.2. The first kappa shape index (κ1) is 10.5. The van der Waals surface area contributed by atoms with Crippen molar-refractivity contribution in [2.75, 3.05) is 6.54 Å². The van der Waals surface area contributed by atoms with Crippen molar-refractivity contribution in [3.8, 4) is 0 Å². The summed E-state index contributed by atoms with van der Waals surface area (Å²) in [7, 11) is 0. The van der Waals surface area contributed by atoms with Crippen molar-refractivity contribution in [3.63, 3.8) is 0 Å². The lowest BCUT2D eigenvalue weighted by Crippen LogP contribution is -2.40. The van der Waals surface area contributed by atoms with Crippen molar-refractivity contribution >= 4 is 5.65 Å². The number of pyridine rings is 1. The molecule has 1 aliphatic rings. The highest BCUT2D eigenvalue weighted by Gasteiger charge is 2.15. The third kappa shape index (κ3) is 1.98. The van der Waals surface area contributed by atoms with E-state index in [1.807, 2.05) is 18.2 Å². The Bertz CT molecular complexity index is 565. The van der Waals surface area contributed by atoms with Crippen molar-refractivity contribution in [1.82, 2.24) is 19.5 Å². The van der Waals surface area contributed by atoms with Gasteiger partial charge in [-0.15, -0.1) is 5.10 Å². The molecule has 5 nitrogen and oxygen atoms in total. The van der Waals surface area contributed by atoms with E-state index in [1.54, 1.807) is 15.3 Å². The Morgan fingerprint density at radius 1 is 1.41 bits per heavy atom. The van der Waals surface area contributed by atoms with Crippen LogP contribution in [0.4, 0.5) is 0 Å². The Morgan fingerprint density at radius 2 is 2.35 bits per heavy atom. The van der Waals surface area contributed by atoms with Crippen molar-refractivity contribution in [2.24, 2.45) is 0 Å². The summed E-state index contributed by atoms with van der Waals surface area (Å²) in [6.45, 7) is 1.72. The summed E-state index contributed by atoms with van der Waals surface area (Å²) >= 11 is 0. The van der Waals surface area contributed by atoms with E-state index >= 15 is 0 Å². The van der Waals surface area contributed by atoms with Gasteiger partial charge < -0.3 is 5.32 Å². The van der Waals surface area contributed by atoms with Crippen LogP contribution >= 0.6 is 0 Å². The Morgan fingerprint density at radius 3 is 3.12 bits per heavy atom. The van der Waals surface area contributed by atoms with Crippen molar-refractivity contribution in [2.45, 2.75) is 31.8 Å². The first-order chi connectivity index (χ1) is 8.34. The lowest BCUT2D eigenvalue weighted by molar-refractivity contribution is 0.347. The predicted molar refractivity (Wildman–Crippen MR) is 65.1 cm³/mol. The van der Waals surface area contributed by atoms with Gasteiger partial charge in [-0.1, -0.05) is 12.5 Å². The number of nitrogens with zero attached hydrogens (tertiary/aromatic N) is 3. The molecule has 0 saturated carbocycles. The molecule has 1 unspecified atom stereocenters. The maximum absolute atomic E-state index is 12.0. The third-order valence-corrected chi connectivity index (χ3v) is 3.29. The quantitative estimate of drug-likeness (QED) is 0.826. The lowest BCUT2D eigenvalue weighted by atomic mass is 10.1. The number of fused-ring (bicyclic) bond motifs is 1. The van der Waals surface area contributed by atoms with Crippen molar-refractivity contribution in [1.29, 1.82) is 0 Å². The van der Waals surface area contributed by atoms with Crippen molar-refractivity contribution < 1.29 is 0 Å². The Labute approximate surface area is 99.1 Å². The summed E-state index contributed by atoms with van der Waals surface area (Å²) in [5, 5.41) is 7.76. The van der Waals surface area contributed by atoms with E-state index in [2.05, 4.69) is 10.4 Å². The zero-order valence-corrected chi connectivity index (χ0v) is 9.67. The predicted octanol–water partition coefficient (Wildman–Crippen LogP) is 0.638. The summed E-state index contributed by atoms with van der Waals surface area (Å²) in [5.74, 6) is 0. The van der Waals surface area contributed by atoms with E-state index in [0.717, 1.165) is 13.0 Å². The molecular formula is C12H16N4O. The molecule has 5 heteroatoms. The minimum atomic E-state index is -0.0482. The molecule has 0 amide bonds. The number of piperidine rings is 1. The standard InChI is InChI=1S/C12H16N4O/c17-12-15-8-4-2-6-11(15)14-16(12)9-10-5-1-3-7-13-10/h2,4,6,8,10,13H,1,3,5,7,9H2. The first-order valence-corrected chi connectivity index (χ1v) is 6.12. The van der Waals surface area contributed by atoms with Crippen LogP contribution in [0.5, 0.6) is 0 Å². The normalized spacial score (nSPS) is 20.8. The average Bonchev–Trinajstić information content (AvgIpc) is 2.68. The SMILES string of the molecule is O=c1n(CC2CCCCN2)nc2ccccn12. The monoisotopic (exact) mass is 232 g/mol. The number of nitrogens with one attached hydrogen (secondary N) is 1. The molecule has 0 bridgehead atoms. The van der Waals surface area contributed by atoms with E-state index in [9.17, 15) is 4.79 Å². The minimum absolute atomic E-state index is 0.0482. The van der Waals surface area contributed by atoms with Crippen LogP contribution in [-0.4, -0.2) is 26.8 Å². The molecule has 3 rings (SSSR count). The smallest absolute Gasteiger partial charge is 0.312 e. The molecule has 0 radical (unpaired) electrons. The van der Waals surface area contributed by atoms with E-state index in [4.69, 9.17) is 0 Å². The highest BCUT2D eigenvalue weighted by Crippen LogP contribution is 2.08. The molecule has 3 heterocycles. The van der Waals surface area contributed by atoms with Gasteiger partial charge in [0.15, 0.2) is 5.65 Å². The topological polar surface area (TPSA) is 51.3 Å². The molecule has 1 fully saturated rings. The third-order valence-electron chi connectivity index (χ3n) is 3.29. The van der Waals surface area contributed by atoms with E-state index in [0.29, 0.717) is 18.2 Å². The second-order valence-corrected chi connectivity index (χ2v) is 4.54. The van der Waals surface area contributed by atoms with Gasteiger partial charge in [-0.25, -0.2) is 9.48 Å². The lowest BCUT2D eigenvalue weighted by Gasteiger charge is -2.22. The number of hydrogen-bond donors (Lipinski definition) is 1. The summed E-state index contributed by atoms with van der Waals surface area (Å²) in [4.78, 5) is 12.0. The number of rotatable bonds is 2. The fourth-order valence-corrected chi connectivity index (χ4v) is 2.38. The largest absolute Gasteiger partial charge is 0.350 e. The van der Waals surface area contributed by atoms with Crippen LogP contribution in [0, 0.1) is 0 Å². The van der Waals surface area contributed by atoms with Gasteiger partial charge in [0.25, 0.3) is 0 Å². The van der Waals surface area contributed by atoms with E-state index in [-0.39, 0.29) is 5.69 Å². The molecule has 1 aliphatic heterocycles. The molecule has 0 spiro atoms. The number of aromatic nitrogens is 3. The Hall–Kier alpha value is -1.62. The molecule has 17 heavy (non-hydrogen) atoms. The van der Waals surface area contributed by atoms with Gasteiger partial charge in [0.2, 0.25) is 0 Å². The number of hydrogen-bond acceptors (Lipinski definition) is 3. The molecule has 1 N–H and O–H groups in total. The van der Waals surface area contributed by atoms with Crippen LogP contribution in [0.3, 0.4) is 0 Å². The van der Waals surface area contributed by atoms with Crippen molar-refractivity contribution in [3.05, 3.63) is 34.9 Å². The molecule has 90 valence electrons. The molecular weight excluding hydrogens is 216 g/mol. The van der Waals surface area contributed by atoms with Gasteiger partial charge in [-0.3, -0.25) is 4.40 Å². The highest BCUT2D eigenvalue weighted by molar-refractivity contribution is 5.35. The van der Waals surface area contributed by atoms with Gasteiger partial charge in [-0.05, 0) is 31.5 Å². The summed E-state index contributed by atoms with van der Waals surface area (Å²) in [5.41, 5.74) is 0.668. The molecule has 2 aromatic heterocycles. The second kappa shape index (κ2) is 4.33. The molecule has 0 aliphatic carbocycles. The van der Waals surface area contributed by atoms with Gasteiger partial charge in [0.1, 0.15) is 0 Å². The maximum Gasteiger partial charge on any atom is 0.350 e. The zero-order valence-electron chi connectivity index (χ0n) is 9.67. The first-order valence-electron chi connectivity index (χ1n) is 6.12. The van der Waals surface area contributed by atoms with E-state index in [1.165, 1.54) is 12.8 Å².